The van der Waals surface area contributed by atoms with E-state index in [1.165, 1.54) is 7.05 Å². The summed E-state index contributed by atoms with van der Waals surface area (Å²) in [6, 6.07) is 0.954. The molecule has 1 aliphatic heterocycles. The molecule has 0 saturated carbocycles. The van der Waals surface area contributed by atoms with E-state index < -0.39 is 58.1 Å². The van der Waals surface area contributed by atoms with Crippen molar-refractivity contribution in [2.24, 2.45) is 0 Å². The van der Waals surface area contributed by atoms with Crippen LogP contribution in [0.3, 0.4) is 0 Å². The van der Waals surface area contributed by atoms with Gasteiger partial charge in [0.25, 0.3) is 11.5 Å². The summed E-state index contributed by atoms with van der Waals surface area (Å²) in [6.07, 6.45) is -5.30. The zero-order valence-corrected chi connectivity index (χ0v) is 16.6. The highest BCUT2D eigenvalue weighted by molar-refractivity contribution is 5.95. The fraction of sp³-hybridized carbons (Fsp3) is 0.238. The number of pyridine rings is 1. The van der Waals surface area contributed by atoms with E-state index in [0.717, 1.165) is 11.0 Å². The van der Waals surface area contributed by atoms with Crippen LogP contribution < -0.4 is 5.56 Å². The Balaban J connectivity index is 1.81. The third-order valence-corrected chi connectivity index (χ3v) is 5.40. The predicted octanol–water partition coefficient (Wildman–Crippen LogP) is 4.45. The number of aromatic amines is 1. The molecular weight excluding hydrogens is 461 g/mol. The molecule has 1 N–H and O–H groups in total. The molecule has 2 heterocycles. The Labute approximate surface area is 180 Å². The van der Waals surface area contributed by atoms with E-state index in [2.05, 4.69) is 4.98 Å². The first-order valence-corrected chi connectivity index (χ1v) is 9.35. The number of carbonyl (C=O) groups excluding carboxylic acids is 1. The molecule has 33 heavy (non-hydrogen) atoms. The largest absolute Gasteiger partial charge is 0.422 e. The number of rotatable bonds is 2. The second-order valence-corrected chi connectivity index (χ2v) is 7.42. The van der Waals surface area contributed by atoms with Gasteiger partial charge in [-0.25, -0.2) is 17.6 Å². The summed E-state index contributed by atoms with van der Waals surface area (Å²) >= 11 is 0. The fourth-order valence-corrected chi connectivity index (χ4v) is 3.86. The van der Waals surface area contributed by atoms with Gasteiger partial charge in [0.15, 0.2) is 11.6 Å². The van der Waals surface area contributed by atoms with E-state index >= 15 is 0 Å². The molecule has 0 bridgehead atoms. The first kappa shape index (κ1) is 22.8. The Morgan fingerprint density at radius 2 is 1.58 bits per heavy atom. The van der Waals surface area contributed by atoms with Crippen molar-refractivity contribution in [1.82, 2.24) is 9.88 Å². The number of fused-ring (bicyclic) bond motifs is 3. The molecular formula is C21H13F7N2O3. The first-order chi connectivity index (χ1) is 15.4. The van der Waals surface area contributed by atoms with Gasteiger partial charge in [-0.15, -0.1) is 0 Å². The van der Waals surface area contributed by atoms with Crippen LogP contribution in [0.4, 0.5) is 30.7 Å². The Morgan fingerprint density at radius 3 is 2.15 bits per heavy atom. The quantitative estimate of drug-likeness (QED) is 0.559. The number of likely N-dealkylation sites (N-methyl/N-ethyl adjacent to an activating group) is 1. The smallest absolute Gasteiger partial charge is 0.373 e. The van der Waals surface area contributed by atoms with Crippen LogP contribution >= 0.6 is 0 Å². The highest BCUT2D eigenvalue weighted by Crippen LogP contribution is 2.36. The molecule has 0 fully saturated rings. The number of halogens is 7. The minimum atomic E-state index is -5.30. The van der Waals surface area contributed by atoms with E-state index in [0.29, 0.717) is 6.07 Å². The van der Waals surface area contributed by atoms with Gasteiger partial charge < -0.3 is 14.6 Å². The topological polar surface area (TPSA) is 62.4 Å². The number of ether oxygens (including phenoxy) is 1. The van der Waals surface area contributed by atoms with Crippen molar-refractivity contribution < 1.29 is 40.3 Å². The summed E-state index contributed by atoms with van der Waals surface area (Å²) in [6.45, 7) is -0.317. The minimum Gasteiger partial charge on any atom is -0.373 e. The van der Waals surface area contributed by atoms with Gasteiger partial charge in [0, 0.05) is 23.9 Å². The summed E-state index contributed by atoms with van der Waals surface area (Å²) in [4.78, 5) is 28.6. The van der Waals surface area contributed by atoms with E-state index in [4.69, 9.17) is 4.74 Å². The number of hydrogen-bond donors (Lipinski definition) is 1. The number of alkyl halides is 3. The van der Waals surface area contributed by atoms with Gasteiger partial charge in [-0.3, -0.25) is 9.59 Å². The Morgan fingerprint density at radius 1 is 1.00 bits per heavy atom. The van der Waals surface area contributed by atoms with Crippen molar-refractivity contribution in [1.29, 1.82) is 0 Å². The lowest BCUT2D eigenvalue weighted by atomic mass is 9.95. The Bertz CT molecular complexity index is 1330. The fourth-order valence-electron chi connectivity index (χ4n) is 3.86. The lowest BCUT2D eigenvalue weighted by Gasteiger charge is -2.34. The molecule has 1 unspecified atom stereocenters. The molecule has 1 aliphatic rings. The molecule has 1 amide bonds. The average molecular weight is 474 g/mol. The van der Waals surface area contributed by atoms with Crippen molar-refractivity contribution in [2.45, 2.75) is 18.8 Å². The highest BCUT2D eigenvalue weighted by atomic mass is 19.4. The van der Waals surface area contributed by atoms with E-state index in [1.807, 2.05) is 0 Å². The van der Waals surface area contributed by atoms with Crippen molar-refractivity contribution >= 4 is 16.7 Å². The number of benzene rings is 2. The molecule has 1 aromatic heterocycles. The third kappa shape index (κ3) is 3.84. The van der Waals surface area contributed by atoms with Gasteiger partial charge in [0.2, 0.25) is 0 Å². The molecule has 4 rings (SSSR count). The van der Waals surface area contributed by atoms with Crippen molar-refractivity contribution in [3.63, 3.8) is 0 Å². The van der Waals surface area contributed by atoms with E-state index in [-0.39, 0.29) is 47.4 Å². The molecule has 12 heteroatoms. The van der Waals surface area contributed by atoms with Gasteiger partial charge in [-0.2, -0.15) is 13.2 Å². The monoisotopic (exact) mass is 474 g/mol. The van der Waals surface area contributed by atoms with Gasteiger partial charge in [0.05, 0.1) is 24.6 Å². The number of amides is 1. The predicted molar refractivity (Wildman–Crippen MR) is 100 cm³/mol. The SMILES string of the molecule is CN(C(=O)c1cc(F)c(C(F)(F)F)c(F)c1)C1COCc2[nH]c(=O)c3cc(F)c(F)cc3c21. The van der Waals surface area contributed by atoms with Crippen LogP contribution in [0.5, 0.6) is 0 Å². The molecule has 0 aliphatic carbocycles. The minimum absolute atomic E-state index is 0.00891. The number of nitrogens with zero attached hydrogens (tertiary/aromatic N) is 1. The first-order valence-electron chi connectivity index (χ1n) is 9.35. The number of carbonyl (C=O) groups is 1. The van der Waals surface area contributed by atoms with Crippen LogP contribution in [0.1, 0.15) is 33.2 Å². The van der Waals surface area contributed by atoms with Crippen LogP contribution in [0.25, 0.3) is 10.8 Å². The maximum Gasteiger partial charge on any atom is 0.422 e. The maximum atomic E-state index is 14.0. The van der Waals surface area contributed by atoms with Crippen LogP contribution in [-0.4, -0.2) is 29.4 Å². The highest BCUT2D eigenvalue weighted by Gasteiger charge is 2.39. The van der Waals surface area contributed by atoms with Gasteiger partial charge >= 0.3 is 6.18 Å². The average Bonchev–Trinajstić information content (AvgIpc) is 2.72. The van der Waals surface area contributed by atoms with Crippen LogP contribution in [0.2, 0.25) is 0 Å². The lowest BCUT2D eigenvalue weighted by molar-refractivity contribution is -0.142. The molecule has 3 aromatic rings. The van der Waals surface area contributed by atoms with Crippen LogP contribution in [0.15, 0.2) is 29.1 Å². The molecule has 2 aromatic carbocycles. The van der Waals surface area contributed by atoms with Crippen molar-refractivity contribution in [3.8, 4) is 0 Å². The molecule has 0 saturated heterocycles. The molecule has 1 atom stereocenters. The molecule has 5 nitrogen and oxygen atoms in total. The Hall–Kier alpha value is -3.41. The molecule has 0 radical (unpaired) electrons. The second kappa shape index (κ2) is 7.87. The summed E-state index contributed by atoms with van der Waals surface area (Å²) in [5, 5.41) is -0.211. The Kier molecular flexibility index (Phi) is 5.43. The van der Waals surface area contributed by atoms with Crippen molar-refractivity contribution in [3.05, 3.63) is 80.3 Å². The summed E-state index contributed by atoms with van der Waals surface area (Å²) in [5.41, 5.74) is -3.20. The molecule has 174 valence electrons. The van der Waals surface area contributed by atoms with Crippen LogP contribution in [0, 0.1) is 23.3 Å². The lowest BCUT2D eigenvalue weighted by Crippen LogP contribution is -2.37. The summed E-state index contributed by atoms with van der Waals surface area (Å²) in [7, 11) is 1.19. The maximum absolute atomic E-state index is 14.0. The summed E-state index contributed by atoms with van der Waals surface area (Å²) in [5.74, 6) is -7.51. The van der Waals surface area contributed by atoms with E-state index in [1.54, 1.807) is 0 Å². The van der Waals surface area contributed by atoms with Crippen LogP contribution in [-0.2, 0) is 17.5 Å². The van der Waals surface area contributed by atoms with E-state index in [9.17, 15) is 40.3 Å². The number of H-pyrrole nitrogens is 1. The van der Waals surface area contributed by atoms with Crippen molar-refractivity contribution in [2.75, 3.05) is 13.7 Å². The molecule has 0 spiro atoms. The summed E-state index contributed by atoms with van der Waals surface area (Å²) < 4.78 is 99.4. The third-order valence-electron chi connectivity index (χ3n) is 5.40. The second-order valence-electron chi connectivity index (χ2n) is 7.42. The van der Waals surface area contributed by atoms with Gasteiger partial charge in [-0.05, 0) is 29.7 Å². The zero-order valence-electron chi connectivity index (χ0n) is 16.6. The number of hydrogen-bond acceptors (Lipinski definition) is 3. The number of nitrogens with one attached hydrogen (secondary N) is 1. The zero-order chi connectivity index (χ0) is 24.2. The normalized spacial score (nSPS) is 16.1. The van der Waals surface area contributed by atoms with Gasteiger partial charge in [-0.1, -0.05) is 0 Å². The standard InChI is InChI=1S/C21H13F7N2O3/c1-30(20(32)8-2-13(24)18(14(25)3-8)21(26,27)28)16-7-33-6-15-17(16)9-4-11(22)12(23)5-10(9)19(31)29-15/h2-5,16H,6-7H2,1H3,(H,29,31). The van der Waals surface area contributed by atoms with Gasteiger partial charge in [0.1, 0.15) is 17.2 Å². The number of aromatic nitrogens is 1.